The van der Waals surface area contributed by atoms with Gasteiger partial charge >= 0.3 is 0 Å². The van der Waals surface area contributed by atoms with Crippen LogP contribution >= 0.6 is 0 Å². The largest absolute Gasteiger partial charge is 0.340 e. The predicted octanol–water partition coefficient (Wildman–Crippen LogP) is 2.14. The van der Waals surface area contributed by atoms with Crippen molar-refractivity contribution in [3.8, 4) is 0 Å². The van der Waals surface area contributed by atoms with Gasteiger partial charge in [-0.25, -0.2) is 0 Å². The first-order valence-corrected chi connectivity index (χ1v) is 6.99. The molecule has 1 aliphatic heterocycles. The maximum Gasteiger partial charge on any atom is 0.242 e. The van der Waals surface area contributed by atoms with Crippen LogP contribution in [0.2, 0.25) is 0 Å². The molecular formula is C16H18N2O2. The normalized spacial score (nSPS) is 15.8. The average Bonchev–Trinajstić information content (AvgIpc) is 2.84. The van der Waals surface area contributed by atoms with Crippen molar-refractivity contribution >= 4 is 22.6 Å². The minimum atomic E-state index is 0.0940. The van der Waals surface area contributed by atoms with Crippen molar-refractivity contribution in [1.82, 2.24) is 9.47 Å². The number of likely N-dealkylation sites (tertiary alicyclic amines) is 1. The van der Waals surface area contributed by atoms with Crippen LogP contribution in [0.1, 0.15) is 18.4 Å². The number of amides is 1. The lowest BCUT2D eigenvalue weighted by molar-refractivity contribution is -0.135. The summed E-state index contributed by atoms with van der Waals surface area (Å²) in [5, 5.41) is 1.19. The third-order valence-electron chi connectivity index (χ3n) is 4.01. The van der Waals surface area contributed by atoms with Gasteiger partial charge in [0.1, 0.15) is 12.3 Å². The fourth-order valence-electron chi connectivity index (χ4n) is 2.77. The Labute approximate surface area is 118 Å². The molecule has 0 unspecified atom stereocenters. The van der Waals surface area contributed by atoms with Crippen molar-refractivity contribution in [2.24, 2.45) is 0 Å². The Balaban J connectivity index is 1.78. The highest BCUT2D eigenvalue weighted by atomic mass is 16.2. The highest BCUT2D eigenvalue weighted by molar-refractivity contribution is 5.86. The van der Waals surface area contributed by atoms with Crippen LogP contribution in [0.3, 0.4) is 0 Å². The molecule has 0 N–H and O–H groups in total. The number of aryl methyl sites for hydroxylation is 1. The average molecular weight is 270 g/mol. The second-order valence-electron chi connectivity index (χ2n) is 5.37. The van der Waals surface area contributed by atoms with Gasteiger partial charge in [-0.2, -0.15) is 0 Å². The van der Waals surface area contributed by atoms with Crippen LogP contribution < -0.4 is 0 Å². The van der Waals surface area contributed by atoms with Crippen molar-refractivity contribution in [3.63, 3.8) is 0 Å². The number of hydrogen-bond donors (Lipinski definition) is 0. The molecule has 1 fully saturated rings. The van der Waals surface area contributed by atoms with Gasteiger partial charge in [-0.05, 0) is 24.6 Å². The van der Waals surface area contributed by atoms with Crippen LogP contribution in [0.4, 0.5) is 0 Å². The van der Waals surface area contributed by atoms with Crippen molar-refractivity contribution in [2.45, 2.75) is 26.3 Å². The summed E-state index contributed by atoms with van der Waals surface area (Å²) in [6.07, 6.45) is 2.96. The maximum absolute atomic E-state index is 12.3. The minimum absolute atomic E-state index is 0.0940. The highest BCUT2D eigenvalue weighted by Gasteiger charge is 2.21. The molecular weight excluding hydrogens is 252 g/mol. The predicted molar refractivity (Wildman–Crippen MR) is 77.5 cm³/mol. The second kappa shape index (κ2) is 5.12. The smallest absolute Gasteiger partial charge is 0.242 e. The van der Waals surface area contributed by atoms with Crippen molar-refractivity contribution < 1.29 is 9.59 Å². The van der Waals surface area contributed by atoms with Crippen LogP contribution in [-0.4, -0.2) is 34.2 Å². The van der Waals surface area contributed by atoms with E-state index in [1.165, 1.54) is 10.9 Å². The Morgan fingerprint density at radius 3 is 2.70 bits per heavy atom. The van der Waals surface area contributed by atoms with Gasteiger partial charge in [0.05, 0.1) is 0 Å². The Kier molecular flexibility index (Phi) is 3.30. The molecule has 1 amide bonds. The minimum Gasteiger partial charge on any atom is -0.340 e. The number of Topliss-reactive ketones (excluding diaryl/α,β-unsaturated/α-hetero) is 1. The molecule has 4 heteroatoms. The first-order valence-electron chi connectivity index (χ1n) is 6.99. The van der Waals surface area contributed by atoms with Crippen LogP contribution in [0.15, 0.2) is 30.5 Å². The fraction of sp³-hybridized carbons (Fsp3) is 0.375. The van der Waals surface area contributed by atoms with E-state index >= 15 is 0 Å². The standard InChI is InChI=1S/C16H18N2O2/c1-12-3-2-4-15-14(12)7-10-18(15)11-16(20)17-8-5-13(19)6-9-17/h2-4,7,10H,5-6,8-9,11H2,1H3. The number of piperidine rings is 1. The molecule has 1 aromatic heterocycles. The Hall–Kier alpha value is -2.10. The summed E-state index contributed by atoms with van der Waals surface area (Å²) >= 11 is 0. The second-order valence-corrected chi connectivity index (χ2v) is 5.37. The summed E-state index contributed by atoms with van der Waals surface area (Å²) in [6, 6.07) is 8.18. The van der Waals surface area contributed by atoms with E-state index in [4.69, 9.17) is 0 Å². The Morgan fingerprint density at radius 2 is 1.95 bits per heavy atom. The highest BCUT2D eigenvalue weighted by Crippen LogP contribution is 2.19. The Bertz CT molecular complexity index is 662. The molecule has 0 radical (unpaired) electrons. The van der Waals surface area contributed by atoms with Gasteiger partial charge in [-0.1, -0.05) is 12.1 Å². The first kappa shape index (κ1) is 12.9. The number of benzene rings is 1. The SMILES string of the molecule is Cc1cccc2c1ccn2CC(=O)N1CCC(=O)CC1. The van der Waals surface area contributed by atoms with Gasteiger partial charge in [0.2, 0.25) is 5.91 Å². The van der Waals surface area contributed by atoms with Gasteiger partial charge in [-0.15, -0.1) is 0 Å². The van der Waals surface area contributed by atoms with Crippen molar-refractivity contribution in [3.05, 3.63) is 36.0 Å². The monoisotopic (exact) mass is 270 g/mol. The van der Waals surface area contributed by atoms with Gasteiger partial charge < -0.3 is 9.47 Å². The van der Waals surface area contributed by atoms with Crippen molar-refractivity contribution in [2.75, 3.05) is 13.1 Å². The molecule has 0 saturated carbocycles. The Morgan fingerprint density at radius 1 is 1.20 bits per heavy atom. The summed E-state index contributed by atoms with van der Waals surface area (Å²) in [6.45, 7) is 3.55. The van der Waals surface area contributed by atoms with Gasteiger partial charge in [-0.3, -0.25) is 9.59 Å². The van der Waals surface area contributed by atoms with E-state index in [0.29, 0.717) is 32.5 Å². The number of ketones is 1. The molecule has 104 valence electrons. The molecule has 1 aliphatic rings. The molecule has 0 bridgehead atoms. The number of carbonyl (C=O) groups is 2. The number of hydrogen-bond acceptors (Lipinski definition) is 2. The van der Waals surface area contributed by atoms with Gasteiger partial charge in [0.15, 0.2) is 0 Å². The summed E-state index contributed by atoms with van der Waals surface area (Å²) < 4.78 is 1.99. The molecule has 2 aromatic rings. The molecule has 1 saturated heterocycles. The molecule has 0 aliphatic carbocycles. The van der Waals surface area contributed by atoms with Gasteiger partial charge in [0, 0.05) is 43.0 Å². The number of aromatic nitrogens is 1. The zero-order valence-electron chi connectivity index (χ0n) is 11.6. The lowest BCUT2D eigenvalue weighted by Gasteiger charge is -2.26. The summed E-state index contributed by atoms with van der Waals surface area (Å²) in [5.41, 5.74) is 2.31. The zero-order valence-corrected chi connectivity index (χ0v) is 11.6. The summed E-state index contributed by atoms with van der Waals surface area (Å²) in [4.78, 5) is 25.3. The zero-order chi connectivity index (χ0) is 14.1. The van der Waals surface area contributed by atoms with Crippen LogP contribution in [-0.2, 0) is 16.1 Å². The molecule has 1 aromatic carbocycles. The lowest BCUT2D eigenvalue weighted by atomic mass is 10.1. The number of fused-ring (bicyclic) bond motifs is 1. The van der Waals surface area contributed by atoms with Crippen LogP contribution in [0, 0.1) is 6.92 Å². The number of rotatable bonds is 2. The third-order valence-corrected chi connectivity index (χ3v) is 4.01. The van der Waals surface area contributed by atoms with E-state index in [9.17, 15) is 9.59 Å². The molecule has 0 atom stereocenters. The van der Waals surface area contributed by atoms with E-state index in [2.05, 4.69) is 19.1 Å². The van der Waals surface area contributed by atoms with E-state index < -0.39 is 0 Å². The fourth-order valence-corrected chi connectivity index (χ4v) is 2.77. The summed E-state index contributed by atoms with van der Waals surface area (Å²) in [7, 11) is 0. The molecule has 3 rings (SSSR count). The van der Waals surface area contributed by atoms with Crippen molar-refractivity contribution in [1.29, 1.82) is 0 Å². The van der Waals surface area contributed by atoms with Crippen LogP contribution in [0.5, 0.6) is 0 Å². The van der Waals surface area contributed by atoms with E-state index in [1.807, 2.05) is 22.9 Å². The van der Waals surface area contributed by atoms with Crippen LogP contribution in [0.25, 0.3) is 10.9 Å². The van der Waals surface area contributed by atoms with Gasteiger partial charge in [0.25, 0.3) is 0 Å². The molecule has 0 spiro atoms. The molecule has 2 heterocycles. The quantitative estimate of drug-likeness (QED) is 0.839. The first-order chi connectivity index (χ1) is 9.65. The van der Waals surface area contributed by atoms with E-state index in [1.54, 1.807) is 4.90 Å². The maximum atomic E-state index is 12.3. The topological polar surface area (TPSA) is 42.3 Å². The summed E-state index contributed by atoms with van der Waals surface area (Å²) in [5.74, 6) is 0.354. The molecule has 4 nitrogen and oxygen atoms in total. The van der Waals surface area contributed by atoms with E-state index in [-0.39, 0.29) is 11.7 Å². The number of nitrogens with zero attached hydrogens (tertiary/aromatic N) is 2. The van der Waals surface area contributed by atoms with E-state index in [0.717, 1.165) is 5.52 Å². The number of carbonyl (C=O) groups excluding carboxylic acids is 2. The third kappa shape index (κ3) is 2.33. The molecule has 20 heavy (non-hydrogen) atoms. The lowest BCUT2D eigenvalue weighted by Crippen LogP contribution is -2.40.